The first-order valence-corrected chi connectivity index (χ1v) is 9.55. The predicted molar refractivity (Wildman–Crippen MR) is 110 cm³/mol. The highest BCUT2D eigenvalue weighted by molar-refractivity contribution is 6.20. The highest BCUT2D eigenvalue weighted by atomic mass is 16.5. The van der Waals surface area contributed by atoms with Crippen LogP contribution in [0.25, 0.3) is 0 Å². The van der Waals surface area contributed by atoms with Crippen molar-refractivity contribution in [1.29, 1.82) is 0 Å². The van der Waals surface area contributed by atoms with Crippen LogP contribution in [0.3, 0.4) is 0 Å². The number of nitrogens with zero attached hydrogens (tertiary/aromatic N) is 2. The van der Waals surface area contributed by atoms with Gasteiger partial charge in [0, 0.05) is 18.1 Å². The summed E-state index contributed by atoms with van der Waals surface area (Å²) in [6.07, 6.45) is 4.43. The second-order valence-electron chi connectivity index (χ2n) is 6.70. The highest BCUT2D eigenvalue weighted by Crippen LogP contribution is 2.41. The molecule has 1 aliphatic rings. The first-order valence-electron chi connectivity index (χ1n) is 9.55. The molecule has 0 saturated heterocycles. The van der Waals surface area contributed by atoms with Gasteiger partial charge in [-0.2, -0.15) is 0 Å². The quantitative estimate of drug-likeness (QED) is 0.481. The summed E-state index contributed by atoms with van der Waals surface area (Å²) in [6, 6.07) is 11.6. The summed E-state index contributed by atoms with van der Waals surface area (Å²) in [5.41, 5.74) is 1.13. The molecule has 0 fully saturated rings. The standard InChI is InChI=1S/C23H18N2O6/c1-2-30-23(29)14-7-9-16(10-8-14)25-19(15-5-3-11-24-13-15)18(21(27)22(25)28)20(26)17-6-4-12-31-17/h3-13,19,27H,2H2,1H3. The third-order valence-corrected chi connectivity index (χ3v) is 4.85. The molecular formula is C23H18N2O6. The molecule has 8 heteroatoms. The summed E-state index contributed by atoms with van der Waals surface area (Å²) in [5, 5.41) is 10.6. The maximum Gasteiger partial charge on any atom is 0.338 e. The Morgan fingerprint density at radius 1 is 1.16 bits per heavy atom. The number of aliphatic hydroxyl groups excluding tert-OH is 1. The van der Waals surface area contributed by atoms with Crippen molar-refractivity contribution in [3.63, 3.8) is 0 Å². The summed E-state index contributed by atoms with van der Waals surface area (Å²) in [7, 11) is 0. The molecule has 2 aromatic heterocycles. The van der Waals surface area contributed by atoms with Gasteiger partial charge in [0.05, 0.1) is 30.0 Å². The number of aliphatic hydroxyl groups is 1. The summed E-state index contributed by atoms with van der Waals surface area (Å²) >= 11 is 0. The zero-order valence-electron chi connectivity index (χ0n) is 16.5. The number of ketones is 1. The molecule has 0 saturated carbocycles. The van der Waals surface area contributed by atoms with E-state index in [9.17, 15) is 19.5 Å². The first kappa shape index (κ1) is 20.1. The number of esters is 1. The first-order chi connectivity index (χ1) is 15.0. The summed E-state index contributed by atoms with van der Waals surface area (Å²) in [6.45, 7) is 1.95. The van der Waals surface area contributed by atoms with Gasteiger partial charge in [0.1, 0.15) is 0 Å². The minimum absolute atomic E-state index is 0.00255. The van der Waals surface area contributed by atoms with E-state index in [1.54, 1.807) is 43.5 Å². The maximum atomic E-state index is 13.1. The Bertz CT molecular complexity index is 1150. The molecule has 31 heavy (non-hydrogen) atoms. The second-order valence-corrected chi connectivity index (χ2v) is 6.70. The summed E-state index contributed by atoms with van der Waals surface area (Å²) in [4.78, 5) is 43.4. The van der Waals surface area contributed by atoms with E-state index < -0.39 is 29.5 Å². The minimum Gasteiger partial charge on any atom is -0.503 e. The van der Waals surface area contributed by atoms with Gasteiger partial charge in [0.2, 0.25) is 5.78 Å². The van der Waals surface area contributed by atoms with Crippen molar-refractivity contribution in [2.24, 2.45) is 0 Å². The molecule has 3 aromatic rings. The van der Waals surface area contributed by atoms with E-state index in [-0.39, 0.29) is 17.9 Å². The van der Waals surface area contributed by atoms with Crippen LogP contribution in [0.1, 0.15) is 39.4 Å². The van der Waals surface area contributed by atoms with Crippen molar-refractivity contribution < 1.29 is 28.6 Å². The number of benzene rings is 1. The molecule has 0 radical (unpaired) electrons. The van der Waals surface area contributed by atoms with Gasteiger partial charge in [0.25, 0.3) is 5.91 Å². The minimum atomic E-state index is -0.924. The van der Waals surface area contributed by atoms with Crippen molar-refractivity contribution in [3.8, 4) is 0 Å². The summed E-state index contributed by atoms with van der Waals surface area (Å²) < 4.78 is 10.2. The van der Waals surface area contributed by atoms with Crippen molar-refractivity contribution >= 4 is 23.3 Å². The number of furan rings is 1. The molecule has 0 spiro atoms. The van der Waals surface area contributed by atoms with Crippen molar-refractivity contribution in [1.82, 2.24) is 4.98 Å². The van der Waals surface area contributed by atoms with E-state index in [1.165, 1.54) is 35.6 Å². The fourth-order valence-electron chi connectivity index (χ4n) is 3.47. The smallest absolute Gasteiger partial charge is 0.338 e. The normalized spacial score (nSPS) is 16.0. The van der Waals surface area contributed by atoms with Crippen LogP contribution >= 0.6 is 0 Å². The lowest BCUT2D eigenvalue weighted by molar-refractivity contribution is -0.117. The van der Waals surface area contributed by atoms with Crippen LogP contribution in [-0.4, -0.2) is 34.4 Å². The van der Waals surface area contributed by atoms with Gasteiger partial charge in [-0.25, -0.2) is 4.79 Å². The molecule has 0 bridgehead atoms. The number of hydrogen-bond acceptors (Lipinski definition) is 7. The molecule has 1 atom stereocenters. The van der Waals surface area contributed by atoms with Crippen LogP contribution in [0.5, 0.6) is 0 Å². The highest BCUT2D eigenvalue weighted by Gasteiger charge is 2.45. The molecule has 8 nitrogen and oxygen atoms in total. The molecular weight excluding hydrogens is 400 g/mol. The van der Waals surface area contributed by atoms with Gasteiger partial charge in [-0.15, -0.1) is 0 Å². The number of Topliss-reactive ketones (excluding diaryl/α,β-unsaturated/α-hetero) is 1. The Hall–Kier alpha value is -4.20. The molecule has 3 heterocycles. The number of anilines is 1. The van der Waals surface area contributed by atoms with Crippen molar-refractivity contribution in [3.05, 3.63) is 95.4 Å². The van der Waals surface area contributed by atoms with Gasteiger partial charge in [0.15, 0.2) is 11.5 Å². The number of rotatable bonds is 6. The molecule has 1 N–H and O–H groups in total. The Labute approximate surface area is 177 Å². The van der Waals surface area contributed by atoms with Crippen LogP contribution in [0.2, 0.25) is 0 Å². The number of amides is 1. The van der Waals surface area contributed by atoms with Gasteiger partial charge >= 0.3 is 5.97 Å². The van der Waals surface area contributed by atoms with Gasteiger partial charge in [-0.05, 0) is 55.0 Å². The molecule has 156 valence electrons. The van der Waals surface area contributed by atoms with Gasteiger partial charge < -0.3 is 14.3 Å². The maximum absolute atomic E-state index is 13.1. The van der Waals surface area contributed by atoms with Crippen molar-refractivity contribution in [2.75, 3.05) is 11.5 Å². The number of hydrogen-bond donors (Lipinski definition) is 1. The topological polar surface area (TPSA) is 110 Å². The Morgan fingerprint density at radius 2 is 1.94 bits per heavy atom. The Balaban J connectivity index is 1.78. The molecule has 1 unspecified atom stereocenters. The monoisotopic (exact) mass is 418 g/mol. The van der Waals surface area contributed by atoms with Crippen LogP contribution in [0, 0.1) is 0 Å². The average molecular weight is 418 g/mol. The van der Waals surface area contributed by atoms with E-state index in [0.29, 0.717) is 16.8 Å². The van der Waals surface area contributed by atoms with Gasteiger partial charge in [-0.1, -0.05) is 6.07 Å². The second kappa shape index (κ2) is 8.27. The molecule has 0 aliphatic carbocycles. The number of carbonyl (C=O) groups is 3. The van der Waals surface area contributed by atoms with Crippen molar-refractivity contribution in [2.45, 2.75) is 13.0 Å². The third-order valence-electron chi connectivity index (χ3n) is 4.85. The number of pyridine rings is 1. The van der Waals surface area contributed by atoms with E-state index in [1.807, 2.05) is 0 Å². The molecule has 1 aliphatic heterocycles. The lowest BCUT2D eigenvalue weighted by Gasteiger charge is -2.26. The average Bonchev–Trinajstić information content (AvgIpc) is 3.42. The molecule has 4 rings (SSSR count). The SMILES string of the molecule is CCOC(=O)c1ccc(N2C(=O)C(O)=C(C(=O)c3ccco3)C2c2cccnc2)cc1. The molecule has 1 amide bonds. The zero-order chi connectivity index (χ0) is 22.0. The number of carbonyl (C=O) groups excluding carboxylic acids is 3. The van der Waals surface area contributed by atoms with Crippen LogP contribution < -0.4 is 4.90 Å². The van der Waals surface area contributed by atoms with E-state index >= 15 is 0 Å². The van der Waals surface area contributed by atoms with E-state index in [4.69, 9.17) is 9.15 Å². The Kier molecular flexibility index (Phi) is 5.36. The fourth-order valence-corrected chi connectivity index (χ4v) is 3.47. The number of ether oxygens (including phenoxy) is 1. The van der Waals surface area contributed by atoms with Crippen LogP contribution in [-0.2, 0) is 9.53 Å². The van der Waals surface area contributed by atoms with Crippen LogP contribution in [0.15, 0.2) is 82.9 Å². The predicted octanol–water partition coefficient (Wildman–Crippen LogP) is 3.63. The lowest BCUT2D eigenvalue weighted by atomic mass is 9.96. The zero-order valence-corrected chi connectivity index (χ0v) is 16.5. The van der Waals surface area contributed by atoms with E-state index in [0.717, 1.165) is 0 Å². The Morgan fingerprint density at radius 3 is 2.55 bits per heavy atom. The fraction of sp³-hybridized carbons (Fsp3) is 0.130. The lowest BCUT2D eigenvalue weighted by Crippen LogP contribution is -2.31. The number of aromatic nitrogens is 1. The third kappa shape index (κ3) is 3.59. The largest absolute Gasteiger partial charge is 0.503 e. The van der Waals surface area contributed by atoms with E-state index in [2.05, 4.69) is 4.98 Å². The molecule has 1 aromatic carbocycles. The van der Waals surface area contributed by atoms with Crippen LogP contribution in [0.4, 0.5) is 5.69 Å². The van der Waals surface area contributed by atoms with Gasteiger partial charge in [-0.3, -0.25) is 19.5 Å². The summed E-state index contributed by atoms with van der Waals surface area (Å²) in [5.74, 6) is -2.49.